The van der Waals surface area contributed by atoms with E-state index < -0.39 is 6.04 Å². The molecule has 0 aliphatic rings. The molecule has 21 heavy (non-hydrogen) atoms. The van der Waals surface area contributed by atoms with Gasteiger partial charge in [-0.1, -0.05) is 37.1 Å². The van der Waals surface area contributed by atoms with Crippen molar-refractivity contribution in [2.24, 2.45) is 0 Å². The number of unbranched alkanes of at least 4 members (excludes halogenated alkanes) is 1. The molecule has 0 saturated carbocycles. The molecule has 1 N–H and O–H groups in total. The molecule has 0 aliphatic carbocycles. The van der Waals surface area contributed by atoms with Gasteiger partial charge in [-0.15, -0.1) is 0 Å². The van der Waals surface area contributed by atoms with E-state index in [1.807, 2.05) is 12.1 Å². The van der Waals surface area contributed by atoms with E-state index in [1.54, 1.807) is 24.0 Å². The van der Waals surface area contributed by atoms with Crippen molar-refractivity contribution in [3.63, 3.8) is 0 Å². The number of rotatable bonds is 7. The fourth-order valence-corrected chi connectivity index (χ4v) is 2.11. The Morgan fingerprint density at radius 3 is 2.43 bits per heavy atom. The van der Waals surface area contributed by atoms with Crippen LogP contribution in [0.3, 0.4) is 0 Å². The molecular formula is C16H23ClN2O2. The zero-order chi connectivity index (χ0) is 15.8. The summed E-state index contributed by atoms with van der Waals surface area (Å²) in [5.74, 6) is -0.240. The van der Waals surface area contributed by atoms with E-state index in [-0.39, 0.29) is 11.8 Å². The van der Waals surface area contributed by atoms with Crippen molar-refractivity contribution in [1.29, 1.82) is 0 Å². The largest absolute Gasteiger partial charge is 0.354 e. The van der Waals surface area contributed by atoms with Crippen molar-refractivity contribution in [3.8, 4) is 0 Å². The lowest BCUT2D eigenvalue weighted by Gasteiger charge is -2.27. The molecule has 2 amide bonds. The van der Waals surface area contributed by atoms with Gasteiger partial charge in [-0.05, 0) is 31.0 Å². The molecule has 0 unspecified atom stereocenters. The van der Waals surface area contributed by atoms with Crippen LogP contribution in [0.2, 0.25) is 5.02 Å². The molecule has 0 saturated heterocycles. The molecular weight excluding hydrogens is 288 g/mol. The van der Waals surface area contributed by atoms with Gasteiger partial charge >= 0.3 is 0 Å². The highest BCUT2D eigenvalue weighted by Gasteiger charge is 2.23. The molecule has 1 rings (SSSR count). The minimum atomic E-state index is -0.491. The minimum Gasteiger partial charge on any atom is -0.354 e. The molecule has 4 nitrogen and oxygen atoms in total. The average molecular weight is 311 g/mol. The van der Waals surface area contributed by atoms with Crippen LogP contribution in [0.5, 0.6) is 0 Å². The van der Waals surface area contributed by atoms with Crippen molar-refractivity contribution in [3.05, 3.63) is 34.9 Å². The molecule has 1 aromatic carbocycles. The number of hydrogen-bond acceptors (Lipinski definition) is 2. The van der Waals surface area contributed by atoms with Crippen molar-refractivity contribution >= 4 is 23.4 Å². The summed E-state index contributed by atoms with van der Waals surface area (Å²) < 4.78 is 0. The van der Waals surface area contributed by atoms with Crippen LogP contribution in [0.15, 0.2) is 24.3 Å². The predicted molar refractivity (Wildman–Crippen MR) is 85.1 cm³/mol. The van der Waals surface area contributed by atoms with Crippen LogP contribution < -0.4 is 5.32 Å². The van der Waals surface area contributed by atoms with Gasteiger partial charge in [0.05, 0.1) is 0 Å². The normalized spacial score (nSPS) is 11.8. The highest BCUT2D eigenvalue weighted by molar-refractivity contribution is 6.30. The highest BCUT2D eigenvalue weighted by atomic mass is 35.5. The predicted octanol–water partition coefficient (Wildman–Crippen LogP) is 2.99. The molecule has 0 bridgehead atoms. The molecule has 116 valence electrons. The fourth-order valence-electron chi connectivity index (χ4n) is 1.99. The number of nitrogens with one attached hydrogen (secondary N) is 1. The van der Waals surface area contributed by atoms with Gasteiger partial charge in [0.25, 0.3) is 0 Å². The van der Waals surface area contributed by atoms with Crippen LogP contribution in [0.4, 0.5) is 0 Å². The third-order valence-electron chi connectivity index (χ3n) is 3.35. The molecule has 1 aromatic rings. The zero-order valence-electron chi connectivity index (χ0n) is 12.9. The molecule has 1 atom stereocenters. The number of carbonyl (C=O) groups is 2. The maximum Gasteiger partial charge on any atom is 0.242 e. The van der Waals surface area contributed by atoms with Crippen LogP contribution in [0, 0.1) is 0 Å². The summed E-state index contributed by atoms with van der Waals surface area (Å²) >= 11 is 5.85. The van der Waals surface area contributed by atoms with Gasteiger partial charge < -0.3 is 10.2 Å². The van der Waals surface area contributed by atoms with Gasteiger partial charge in [0.15, 0.2) is 0 Å². The Hall–Kier alpha value is -1.55. The van der Waals surface area contributed by atoms with Gasteiger partial charge in [0, 0.05) is 25.0 Å². The number of hydrogen-bond donors (Lipinski definition) is 1. The van der Waals surface area contributed by atoms with E-state index in [0.29, 0.717) is 18.1 Å². The number of halogens is 1. The Bertz CT molecular complexity index is 474. The first-order valence-electron chi connectivity index (χ1n) is 7.25. The van der Waals surface area contributed by atoms with E-state index in [1.165, 1.54) is 6.92 Å². The quantitative estimate of drug-likeness (QED) is 0.787. The Labute approximate surface area is 131 Å². The number of amides is 2. The SMILES string of the molecule is CCCCNC(=O)[C@@H](C)N(Cc1ccc(Cl)cc1)C(C)=O. The third-order valence-corrected chi connectivity index (χ3v) is 3.60. The summed E-state index contributed by atoms with van der Waals surface area (Å²) in [6.07, 6.45) is 1.96. The lowest BCUT2D eigenvalue weighted by atomic mass is 10.1. The summed E-state index contributed by atoms with van der Waals surface area (Å²) in [5.41, 5.74) is 0.947. The van der Waals surface area contributed by atoms with Gasteiger partial charge in [-0.25, -0.2) is 0 Å². The second kappa shape index (κ2) is 8.67. The lowest BCUT2D eigenvalue weighted by Crippen LogP contribution is -2.47. The summed E-state index contributed by atoms with van der Waals surface area (Å²) in [7, 11) is 0. The Morgan fingerprint density at radius 2 is 1.90 bits per heavy atom. The first kappa shape index (κ1) is 17.5. The van der Waals surface area contributed by atoms with E-state index in [9.17, 15) is 9.59 Å². The van der Waals surface area contributed by atoms with Crippen molar-refractivity contribution in [2.75, 3.05) is 6.54 Å². The summed E-state index contributed by atoms with van der Waals surface area (Å²) in [6.45, 7) is 6.34. The van der Waals surface area contributed by atoms with Gasteiger partial charge in [0.1, 0.15) is 6.04 Å². The molecule has 0 spiro atoms. The second-order valence-corrected chi connectivity index (χ2v) is 5.53. The second-order valence-electron chi connectivity index (χ2n) is 5.09. The fraction of sp³-hybridized carbons (Fsp3) is 0.500. The molecule has 5 heteroatoms. The van der Waals surface area contributed by atoms with E-state index >= 15 is 0 Å². The molecule has 0 radical (unpaired) electrons. The third kappa shape index (κ3) is 5.76. The Balaban J connectivity index is 2.69. The van der Waals surface area contributed by atoms with Crippen molar-refractivity contribution in [2.45, 2.75) is 46.2 Å². The summed E-state index contributed by atoms with van der Waals surface area (Å²) in [6, 6.07) is 6.79. The van der Waals surface area contributed by atoms with E-state index in [2.05, 4.69) is 12.2 Å². The molecule has 0 aliphatic heterocycles. The highest BCUT2D eigenvalue weighted by Crippen LogP contribution is 2.13. The summed E-state index contributed by atoms with van der Waals surface area (Å²) in [4.78, 5) is 25.5. The maximum absolute atomic E-state index is 12.1. The molecule has 0 fully saturated rings. The standard InChI is InChI=1S/C16H23ClN2O2/c1-4-5-10-18-16(21)12(2)19(13(3)20)11-14-6-8-15(17)9-7-14/h6-9,12H,4-5,10-11H2,1-3H3,(H,18,21)/t12-/m1/s1. The average Bonchev–Trinajstić information content (AvgIpc) is 2.45. The van der Waals surface area contributed by atoms with E-state index in [0.717, 1.165) is 18.4 Å². The first-order chi connectivity index (χ1) is 9.95. The molecule has 0 aromatic heterocycles. The monoisotopic (exact) mass is 310 g/mol. The molecule has 0 heterocycles. The Kier molecular flexibility index (Phi) is 7.23. The lowest BCUT2D eigenvalue weighted by molar-refractivity contribution is -0.138. The maximum atomic E-state index is 12.1. The van der Waals surface area contributed by atoms with Crippen LogP contribution in [0.1, 0.15) is 39.2 Å². The van der Waals surface area contributed by atoms with Crippen molar-refractivity contribution < 1.29 is 9.59 Å². The van der Waals surface area contributed by atoms with Crippen LogP contribution in [-0.2, 0) is 16.1 Å². The number of nitrogens with zero attached hydrogens (tertiary/aromatic N) is 1. The summed E-state index contributed by atoms with van der Waals surface area (Å²) in [5, 5.41) is 3.51. The first-order valence-corrected chi connectivity index (χ1v) is 7.62. The van der Waals surface area contributed by atoms with Gasteiger partial charge in [-0.2, -0.15) is 0 Å². The van der Waals surface area contributed by atoms with Gasteiger partial charge in [0.2, 0.25) is 11.8 Å². The van der Waals surface area contributed by atoms with Crippen LogP contribution in [-0.4, -0.2) is 29.3 Å². The van der Waals surface area contributed by atoms with Crippen molar-refractivity contribution in [1.82, 2.24) is 10.2 Å². The van der Waals surface area contributed by atoms with E-state index in [4.69, 9.17) is 11.6 Å². The smallest absolute Gasteiger partial charge is 0.242 e. The Morgan fingerprint density at radius 1 is 1.29 bits per heavy atom. The topological polar surface area (TPSA) is 49.4 Å². The minimum absolute atomic E-state index is 0.118. The van der Waals surface area contributed by atoms with Crippen LogP contribution in [0.25, 0.3) is 0 Å². The zero-order valence-corrected chi connectivity index (χ0v) is 13.6. The number of carbonyl (C=O) groups excluding carboxylic acids is 2. The number of benzene rings is 1. The van der Waals surface area contributed by atoms with Crippen LogP contribution >= 0.6 is 11.6 Å². The van der Waals surface area contributed by atoms with Gasteiger partial charge in [-0.3, -0.25) is 9.59 Å².